The van der Waals surface area contributed by atoms with Crippen LogP contribution in [0, 0.1) is 0 Å². The van der Waals surface area contributed by atoms with Gasteiger partial charge in [0, 0.05) is 11.0 Å². The third-order valence-electron chi connectivity index (χ3n) is 3.16. The second kappa shape index (κ2) is 7.12. The van der Waals surface area contributed by atoms with Crippen LogP contribution in [0.15, 0.2) is 51.8 Å². The molecular formula is C15H15BrN2O4S. The maximum Gasteiger partial charge on any atom is 0.255 e. The Hall–Kier alpha value is -1.90. The molecule has 8 heteroatoms. The number of rotatable bonds is 5. The minimum atomic E-state index is -3.70. The Kier molecular flexibility index (Phi) is 5.40. The van der Waals surface area contributed by atoms with E-state index >= 15 is 0 Å². The van der Waals surface area contributed by atoms with Gasteiger partial charge in [-0.05, 0) is 42.3 Å². The molecule has 0 saturated carbocycles. The zero-order valence-corrected chi connectivity index (χ0v) is 14.4. The number of carbonyl (C=O) groups excluding carboxylic acids is 1. The van der Waals surface area contributed by atoms with Crippen molar-refractivity contribution >= 4 is 31.9 Å². The van der Waals surface area contributed by atoms with Gasteiger partial charge < -0.3 is 10.4 Å². The number of nitrogens with one attached hydrogen (secondary N) is 1. The molecule has 6 nitrogen and oxygen atoms in total. The van der Waals surface area contributed by atoms with E-state index in [2.05, 4.69) is 21.2 Å². The molecule has 0 atom stereocenters. The number of carbonyl (C=O) groups is 1. The third kappa shape index (κ3) is 4.78. The summed E-state index contributed by atoms with van der Waals surface area (Å²) in [7, 11) is -3.70. The number of primary sulfonamides is 1. The Morgan fingerprint density at radius 1 is 1.17 bits per heavy atom. The topological polar surface area (TPSA) is 109 Å². The van der Waals surface area contributed by atoms with Crippen LogP contribution >= 0.6 is 15.9 Å². The van der Waals surface area contributed by atoms with Crippen LogP contribution < -0.4 is 10.5 Å². The fourth-order valence-electron chi connectivity index (χ4n) is 1.96. The van der Waals surface area contributed by atoms with Crippen molar-refractivity contribution in [3.63, 3.8) is 0 Å². The van der Waals surface area contributed by atoms with Gasteiger partial charge in [-0.15, -0.1) is 0 Å². The number of phenolic OH excluding ortho intramolecular Hbond substituents is 1. The molecule has 4 N–H and O–H groups in total. The minimum Gasteiger partial charge on any atom is -0.507 e. The molecule has 0 radical (unpaired) electrons. The summed E-state index contributed by atoms with van der Waals surface area (Å²) in [6.45, 7) is 0.350. The zero-order valence-electron chi connectivity index (χ0n) is 12.0. The average molecular weight is 399 g/mol. The monoisotopic (exact) mass is 398 g/mol. The quantitative estimate of drug-likeness (QED) is 0.712. The molecular weight excluding hydrogens is 384 g/mol. The van der Waals surface area contributed by atoms with Crippen molar-refractivity contribution in [1.82, 2.24) is 5.32 Å². The molecule has 0 heterocycles. The van der Waals surface area contributed by atoms with E-state index in [0.29, 0.717) is 17.4 Å². The van der Waals surface area contributed by atoms with Crippen molar-refractivity contribution in [2.24, 2.45) is 5.14 Å². The molecule has 2 rings (SSSR count). The predicted molar refractivity (Wildman–Crippen MR) is 89.7 cm³/mol. The molecule has 2 aromatic carbocycles. The summed E-state index contributed by atoms with van der Waals surface area (Å²) in [5, 5.41) is 17.4. The molecule has 0 spiro atoms. The highest BCUT2D eigenvalue weighted by atomic mass is 79.9. The number of hydrogen-bond acceptors (Lipinski definition) is 4. The van der Waals surface area contributed by atoms with Gasteiger partial charge >= 0.3 is 0 Å². The summed E-state index contributed by atoms with van der Waals surface area (Å²) in [5.74, 6) is -0.481. The lowest BCUT2D eigenvalue weighted by atomic mass is 10.1. The Balaban J connectivity index is 1.93. The van der Waals surface area contributed by atoms with Crippen LogP contribution in [0.2, 0.25) is 0 Å². The van der Waals surface area contributed by atoms with Crippen LogP contribution in [0.25, 0.3) is 0 Å². The van der Waals surface area contributed by atoms with Crippen LogP contribution in [0.3, 0.4) is 0 Å². The fraction of sp³-hybridized carbons (Fsp3) is 0.133. The van der Waals surface area contributed by atoms with Crippen LogP contribution in [-0.4, -0.2) is 26.0 Å². The van der Waals surface area contributed by atoms with Crippen LogP contribution in [0.4, 0.5) is 0 Å². The first kappa shape index (κ1) is 17.5. The van der Waals surface area contributed by atoms with Crippen LogP contribution in [0.1, 0.15) is 15.9 Å². The van der Waals surface area contributed by atoms with Gasteiger partial charge in [0.2, 0.25) is 10.0 Å². The number of sulfonamides is 1. The lowest BCUT2D eigenvalue weighted by molar-refractivity contribution is 0.0951. The van der Waals surface area contributed by atoms with Gasteiger partial charge in [0.15, 0.2) is 0 Å². The van der Waals surface area contributed by atoms with Crippen molar-refractivity contribution in [1.29, 1.82) is 0 Å². The summed E-state index contributed by atoms with van der Waals surface area (Å²) in [4.78, 5) is 12.0. The molecule has 0 aliphatic heterocycles. The van der Waals surface area contributed by atoms with Crippen molar-refractivity contribution in [2.75, 3.05) is 6.54 Å². The number of hydrogen-bond donors (Lipinski definition) is 3. The largest absolute Gasteiger partial charge is 0.507 e. The Labute approximate surface area is 142 Å². The molecule has 1 amide bonds. The normalized spacial score (nSPS) is 11.2. The van der Waals surface area contributed by atoms with Gasteiger partial charge in [0.05, 0.1) is 10.5 Å². The van der Waals surface area contributed by atoms with Crippen molar-refractivity contribution < 1.29 is 18.3 Å². The van der Waals surface area contributed by atoms with Gasteiger partial charge in [-0.25, -0.2) is 13.6 Å². The molecule has 0 unspecified atom stereocenters. The van der Waals surface area contributed by atoms with Gasteiger partial charge in [-0.3, -0.25) is 4.79 Å². The zero-order chi connectivity index (χ0) is 17.0. The highest BCUT2D eigenvalue weighted by Crippen LogP contribution is 2.22. The van der Waals surface area contributed by atoms with E-state index in [1.54, 1.807) is 18.2 Å². The fourth-order valence-corrected chi connectivity index (χ4v) is 2.82. The van der Waals surface area contributed by atoms with Gasteiger partial charge in [0.1, 0.15) is 5.75 Å². The standard InChI is InChI=1S/C15H15BrN2O4S/c16-11-3-6-13(14(19)9-11)15(20)18-8-7-10-1-4-12(5-2-10)23(17,21)22/h1-6,9,19H,7-8H2,(H,18,20)(H2,17,21,22). The number of benzene rings is 2. The number of nitrogens with two attached hydrogens (primary N) is 1. The van der Waals surface area contributed by atoms with Crippen LogP contribution in [0.5, 0.6) is 5.75 Å². The highest BCUT2D eigenvalue weighted by molar-refractivity contribution is 9.10. The van der Waals surface area contributed by atoms with Crippen LogP contribution in [-0.2, 0) is 16.4 Å². The smallest absolute Gasteiger partial charge is 0.255 e. The Morgan fingerprint density at radius 3 is 2.39 bits per heavy atom. The number of aromatic hydroxyl groups is 1. The summed E-state index contributed by atoms with van der Waals surface area (Å²) in [5.41, 5.74) is 1.05. The van der Waals surface area contributed by atoms with Crippen molar-refractivity contribution in [3.05, 3.63) is 58.1 Å². The average Bonchev–Trinajstić information content (AvgIpc) is 2.46. The third-order valence-corrected chi connectivity index (χ3v) is 4.58. The summed E-state index contributed by atoms with van der Waals surface area (Å²) < 4.78 is 23.0. The first-order chi connectivity index (χ1) is 10.8. The lowest BCUT2D eigenvalue weighted by Gasteiger charge is -2.07. The van der Waals surface area contributed by atoms with E-state index in [4.69, 9.17) is 5.14 Å². The summed E-state index contributed by atoms with van der Waals surface area (Å²) in [6, 6.07) is 10.8. The van der Waals surface area contributed by atoms with E-state index in [0.717, 1.165) is 5.56 Å². The van der Waals surface area contributed by atoms with E-state index in [9.17, 15) is 18.3 Å². The molecule has 122 valence electrons. The number of phenols is 1. The van der Waals surface area contributed by atoms with Gasteiger partial charge in [-0.2, -0.15) is 0 Å². The van der Waals surface area contributed by atoms with Crippen molar-refractivity contribution in [3.8, 4) is 5.75 Å². The highest BCUT2D eigenvalue weighted by Gasteiger charge is 2.11. The maximum absolute atomic E-state index is 12.0. The first-order valence-corrected chi connectivity index (χ1v) is 9.00. The predicted octanol–water partition coefficient (Wildman–Crippen LogP) is 1.77. The lowest BCUT2D eigenvalue weighted by Crippen LogP contribution is -2.25. The number of halogens is 1. The van der Waals surface area contributed by atoms with Gasteiger partial charge in [0.25, 0.3) is 5.91 Å². The van der Waals surface area contributed by atoms with E-state index in [1.165, 1.54) is 24.3 Å². The maximum atomic E-state index is 12.0. The number of amides is 1. The first-order valence-electron chi connectivity index (χ1n) is 6.66. The molecule has 2 aromatic rings. The molecule has 0 aliphatic rings. The second-order valence-electron chi connectivity index (χ2n) is 4.86. The van der Waals surface area contributed by atoms with Crippen molar-refractivity contribution in [2.45, 2.75) is 11.3 Å². The minimum absolute atomic E-state index is 0.0464. The molecule has 23 heavy (non-hydrogen) atoms. The van der Waals surface area contributed by atoms with E-state index < -0.39 is 10.0 Å². The Bertz CT molecular complexity index is 820. The van der Waals surface area contributed by atoms with Gasteiger partial charge in [-0.1, -0.05) is 28.1 Å². The molecule has 0 aromatic heterocycles. The molecule has 0 aliphatic carbocycles. The SMILES string of the molecule is NS(=O)(=O)c1ccc(CCNC(=O)c2ccc(Br)cc2O)cc1. The van der Waals surface area contributed by atoms with E-state index in [-0.39, 0.29) is 22.1 Å². The summed E-state index contributed by atoms with van der Waals surface area (Å²) in [6.07, 6.45) is 0.522. The molecule has 0 saturated heterocycles. The summed E-state index contributed by atoms with van der Waals surface area (Å²) >= 11 is 3.20. The Morgan fingerprint density at radius 2 is 1.83 bits per heavy atom. The van der Waals surface area contributed by atoms with E-state index in [1.807, 2.05) is 0 Å². The molecule has 0 bridgehead atoms. The second-order valence-corrected chi connectivity index (χ2v) is 7.33. The molecule has 0 fully saturated rings.